The second-order valence-electron chi connectivity index (χ2n) is 16.2. The molecule has 0 aliphatic heterocycles. The topological polar surface area (TPSA) is 166 Å². The molecule has 0 aliphatic rings. The summed E-state index contributed by atoms with van der Waals surface area (Å²) in [6.07, 6.45) is 6.68. The van der Waals surface area contributed by atoms with Crippen LogP contribution in [0.3, 0.4) is 0 Å². The lowest BCUT2D eigenvalue weighted by molar-refractivity contribution is 0.103. The molecule has 2 unspecified atom stereocenters. The molecule has 67 heavy (non-hydrogen) atoms. The van der Waals surface area contributed by atoms with Gasteiger partial charge in [0.2, 0.25) is 0 Å². The molecule has 0 saturated carbocycles. The van der Waals surface area contributed by atoms with Gasteiger partial charge in [-0.3, -0.25) is 4.79 Å². The molecule has 0 fully saturated rings. The van der Waals surface area contributed by atoms with Gasteiger partial charge in [-0.05, 0) is 134 Å². The number of rotatable bonds is 16. The van der Waals surface area contributed by atoms with Gasteiger partial charge in [-0.1, -0.05) is 115 Å². The fourth-order valence-electron chi connectivity index (χ4n) is 7.68. The Bertz CT molecular complexity index is 3050. The van der Waals surface area contributed by atoms with E-state index in [0.29, 0.717) is 49.9 Å². The van der Waals surface area contributed by atoms with E-state index in [4.69, 9.17) is 32.0 Å². The molecule has 14 heteroatoms. The summed E-state index contributed by atoms with van der Waals surface area (Å²) in [6, 6.07) is 42.2. The zero-order chi connectivity index (χ0) is 47.3. The smallest absolute Gasteiger partial charge is 0.407 e. The maximum Gasteiger partial charge on any atom is 0.428 e. The fraction of sp³-hybridized carbons (Fsp3) is 0.226. The van der Waals surface area contributed by atoms with E-state index in [1.807, 2.05) is 43.3 Å². The van der Waals surface area contributed by atoms with Crippen molar-refractivity contribution < 1.29 is 28.3 Å². The van der Waals surface area contributed by atoms with Gasteiger partial charge < -0.3 is 24.6 Å². The number of aliphatic hydroxyl groups is 1. The number of ketones is 1. The van der Waals surface area contributed by atoms with Crippen molar-refractivity contribution in [3.8, 4) is 0 Å². The number of halogens is 2. The monoisotopic (exact) mass is 940 g/mol. The van der Waals surface area contributed by atoms with Gasteiger partial charge in [0.25, 0.3) is 0 Å². The molecule has 0 bridgehead atoms. The van der Waals surface area contributed by atoms with Crippen LogP contribution < -0.4 is 22.1 Å². The van der Waals surface area contributed by atoms with Crippen LogP contribution in [-0.4, -0.2) is 44.7 Å². The van der Waals surface area contributed by atoms with Crippen molar-refractivity contribution in [2.45, 2.75) is 70.4 Å². The number of hydrogen-bond acceptors (Lipinski definition) is 8. The first-order valence-corrected chi connectivity index (χ1v) is 22.9. The molecule has 0 radical (unpaired) electrons. The van der Waals surface area contributed by atoms with E-state index in [9.17, 15) is 29.1 Å². The third-order valence-electron chi connectivity index (χ3n) is 11.3. The van der Waals surface area contributed by atoms with Crippen LogP contribution in [0.1, 0.15) is 89.7 Å². The summed E-state index contributed by atoms with van der Waals surface area (Å²) in [7, 11) is 0. The minimum Gasteiger partial charge on any atom is -0.407 e. The highest BCUT2D eigenvalue weighted by Crippen LogP contribution is 2.27. The minimum atomic E-state index is -0.912. The summed E-state index contributed by atoms with van der Waals surface area (Å²) >= 11 is 11.8. The summed E-state index contributed by atoms with van der Waals surface area (Å²) in [4.78, 5) is 62.8. The Hall–Kier alpha value is -6.99. The van der Waals surface area contributed by atoms with E-state index in [2.05, 4.69) is 34.9 Å². The van der Waals surface area contributed by atoms with Crippen molar-refractivity contribution >= 4 is 63.2 Å². The highest BCUT2D eigenvalue weighted by atomic mass is 35.5. The summed E-state index contributed by atoms with van der Waals surface area (Å²) < 4.78 is 12.5. The summed E-state index contributed by atoms with van der Waals surface area (Å²) in [6.45, 7) is 2.39. The van der Waals surface area contributed by atoms with Gasteiger partial charge in [0.15, 0.2) is 16.9 Å². The lowest BCUT2D eigenvalue weighted by Gasteiger charge is -2.13. The maximum atomic E-state index is 12.8. The molecule has 6 aromatic carbocycles. The molecule has 2 heterocycles. The number of carbonyl (C=O) groups excluding carboxylic acids is 3. The molecule has 2 atom stereocenters. The number of fused-ring (bicyclic) bond motifs is 2. The number of aromatic nitrogens is 2. The number of nitrogens with one attached hydrogen (secondary N) is 2. The van der Waals surface area contributed by atoms with E-state index < -0.39 is 29.7 Å². The van der Waals surface area contributed by atoms with Gasteiger partial charge in [0, 0.05) is 33.8 Å². The SMILES string of the molecule is CC(CCCCc1ccccc1)NC(=O)n1c(=O)oc2cc(C(=O)c3ccc(Cl)cc3)ccc21.O=C(NCCCCCc1ccccc1)n1c(=O)oc2cc(C(O)c3ccc(Cl)cc3)ccc21. The Balaban J connectivity index is 0.000000199. The number of aryl methyl sites for hydroxylation is 2. The van der Waals surface area contributed by atoms with Gasteiger partial charge in [0.1, 0.15) is 6.10 Å². The Morgan fingerprint density at radius 2 is 1.09 bits per heavy atom. The van der Waals surface area contributed by atoms with Crippen molar-refractivity contribution in [3.05, 3.63) is 210 Å². The fourth-order valence-corrected chi connectivity index (χ4v) is 7.93. The number of nitrogens with zero attached hydrogens (tertiary/aromatic N) is 2. The maximum absolute atomic E-state index is 12.8. The molecular formula is C53H50Cl2N4O8. The molecule has 0 spiro atoms. The zero-order valence-electron chi connectivity index (χ0n) is 36.8. The second kappa shape index (κ2) is 23.0. The summed E-state index contributed by atoms with van der Waals surface area (Å²) in [5.41, 5.74) is 5.70. The minimum absolute atomic E-state index is 0.106. The number of hydrogen-bond donors (Lipinski definition) is 3. The third kappa shape index (κ3) is 12.7. The molecule has 344 valence electrons. The number of amides is 2. The van der Waals surface area contributed by atoms with Crippen LogP contribution in [-0.2, 0) is 12.8 Å². The number of benzene rings is 6. The standard InChI is InChI=1S/C27H25ClN2O4.C26H25ClN2O4/c1-18(7-5-6-10-19-8-3-2-4-9-19)29-26(32)30-23-16-13-21(17-24(23)34-27(30)33)25(31)20-11-14-22(28)15-12-20;27-21-13-10-19(11-14-21)24(30)20-12-15-22-23(17-20)33-26(32)29(22)25(31)28-16-6-2-5-9-18-7-3-1-4-8-18/h2-4,8-9,11-18H,5-7,10H2,1H3,(H,29,32);1,3-4,7-8,10-15,17,24,30H,2,5-6,9,16H2,(H,28,31). The van der Waals surface area contributed by atoms with Gasteiger partial charge in [-0.25, -0.2) is 19.2 Å². The largest absolute Gasteiger partial charge is 0.428 e. The van der Waals surface area contributed by atoms with Crippen molar-refractivity contribution in [1.82, 2.24) is 19.8 Å². The Kier molecular flexibility index (Phi) is 16.4. The van der Waals surface area contributed by atoms with Crippen molar-refractivity contribution in [3.63, 3.8) is 0 Å². The quantitative estimate of drug-likeness (QED) is 0.0636. The molecule has 2 aromatic heterocycles. The number of unbranched alkanes of at least 4 members (excludes halogenated alkanes) is 3. The average Bonchev–Trinajstić information content (AvgIpc) is 3.86. The molecule has 2 amide bonds. The highest BCUT2D eigenvalue weighted by Gasteiger charge is 2.21. The van der Waals surface area contributed by atoms with Crippen LogP contribution in [0, 0.1) is 0 Å². The molecule has 8 rings (SSSR count). The second-order valence-corrected chi connectivity index (χ2v) is 17.1. The Morgan fingerprint density at radius 1 is 0.582 bits per heavy atom. The highest BCUT2D eigenvalue weighted by molar-refractivity contribution is 6.31. The van der Waals surface area contributed by atoms with Crippen LogP contribution in [0.4, 0.5) is 9.59 Å². The van der Waals surface area contributed by atoms with Crippen LogP contribution in [0.5, 0.6) is 0 Å². The first-order valence-electron chi connectivity index (χ1n) is 22.2. The van der Waals surface area contributed by atoms with E-state index in [1.54, 1.807) is 78.9 Å². The predicted octanol–water partition coefficient (Wildman–Crippen LogP) is 11.1. The van der Waals surface area contributed by atoms with Crippen LogP contribution in [0.2, 0.25) is 10.0 Å². The summed E-state index contributed by atoms with van der Waals surface area (Å²) in [5.74, 6) is -1.79. The molecular weight excluding hydrogens is 892 g/mol. The van der Waals surface area contributed by atoms with E-state index >= 15 is 0 Å². The Morgan fingerprint density at radius 3 is 1.70 bits per heavy atom. The molecule has 0 saturated heterocycles. The van der Waals surface area contributed by atoms with Gasteiger partial charge in [-0.2, -0.15) is 9.13 Å². The van der Waals surface area contributed by atoms with Crippen molar-refractivity contribution in [2.24, 2.45) is 0 Å². The van der Waals surface area contributed by atoms with E-state index in [1.165, 1.54) is 17.2 Å². The van der Waals surface area contributed by atoms with Crippen molar-refractivity contribution in [1.29, 1.82) is 0 Å². The van der Waals surface area contributed by atoms with Gasteiger partial charge in [0.05, 0.1) is 11.0 Å². The van der Waals surface area contributed by atoms with Crippen LogP contribution in [0.15, 0.2) is 164 Å². The number of carbonyl (C=O) groups is 3. The first kappa shape index (κ1) is 48.0. The first-order chi connectivity index (χ1) is 32.4. The number of aliphatic hydroxyl groups excluding tert-OH is 1. The Labute approximate surface area is 396 Å². The third-order valence-corrected chi connectivity index (χ3v) is 11.8. The van der Waals surface area contributed by atoms with Crippen molar-refractivity contribution in [2.75, 3.05) is 6.54 Å². The molecule has 12 nitrogen and oxygen atoms in total. The van der Waals surface area contributed by atoms with E-state index in [-0.39, 0.29) is 23.0 Å². The molecule has 0 aliphatic carbocycles. The molecule has 8 aromatic rings. The lowest BCUT2D eigenvalue weighted by atomic mass is 10.0. The predicted molar refractivity (Wildman–Crippen MR) is 262 cm³/mol. The van der Waals surface area contributed by atoms with Crippen LogP contribution >= 0.6 is 23.2 Å². The average molecular weight is 942 g/mol. The van der Waals surface area contributed by atoms with E-state index in [0.717, 1.165) is 60.5 Å². The summed E-state index contributed by atoms with van der Waals surface area (Å²) in [5, 5.41) is 17.4. The zero-order valence-corrected chi connectivity index (χ0v) is 38.3. The number of oxazole rings is 2. The van der Waals surface area contributed by atoms with Gasteiger partial charge >= 0.3 is 23.6 Å². The normalized spacial score (nSPS) is 12.0. The van der Waals surface area contributed by atoms with Gasteiger partial charge in [-0.15, -0.1) is 0 Å². The lowest BCUT2D eigenvalue weighted by Crippen LogP contribution is -2.39. The molecule has 3 N–H and O–H groups in total. The van der Waals surface area contributed by atoms with Crippen LogP contribution in [0.25, 0.3) is 22.2 Å².